The number of carbonyl (C=O) groups excluding carboxylic acids is 1. The van der Waals surface area contributed by atoms with Crippen molar-refractivity contribution in [3.05, 3.63) is 48.3 Å². The van der Waals surface area contributed by atoms with E-state index in [2.05, 4.69) is 20.5 Å². The van der Waals surface area contributed by atoms with Crippen molar-refractivity contribution in [3.63, 3.8) is 0 Å². The molecule has 23 heavy (non-hydrogen) atoms. The highest BCUT2D eigenvalue weighted by Gasteiger charge is 2.09. The molecule has 2 aromatic heterocycles. The lowest BCUT2D eigenvalue weighted by atomic mass is 10.2. The van der Waals surface area contributed by atoms with Crippen LogP contribution < -0.4 is 10.1 Å². The second-order valence-corrected chi connectivity index (χ2v) is 5.63. The highest BCUT2D eigenvalue weighted by Crippen LogP contribution is 2.15. The van der Waals surface area contributed by atoms with Gasteiger partial charge < -0.3 is 10.1 Å². The van der Waals surface area contributed by atoms with Gasteiger partial charge in [0.05, 0.1) is 12.9 Å². The summed E-state index contributed by atoms with van der Waals surface area (Å²) < 4.78 is 6.85. The van der Waals surface area contributed by atoms with Crippen LogP contribution in [0, 0.1) is 0 Å². The highest BCUT2D eigenvalue weighted by molar-refractivity contribution is 7.99. The number of aromatic nitrogens is 4. The molecule has 2 heterocycles. The summed E-state index contributed by atoms with van der Waals surface area (Å²) in [6, 6.07) is 9.37. The van der Waals surface area contributed by atoms with Gasteiger partial charge in [-0.25, -0.2) is 4.98 Å². The summed E-state index contributed by atoms with van der Waals surface area (Å²) in [5, 5.41) is 11.5. The van der Waals surface area contributed by atoms with Crippen molar-refractivity contribution in [1.82, 2.24) is 24.9 Å². The fourth-order valence-electron chi connectivity index (χ4n) is 1.95. The second kappa shape index (κ2) is 7.10. The lowest BCUT2D eigenvalue weighted by Gasteiger charge is -2.06. The van der Waals surface area contributed by atoms with Crippen molar-refractivity contribution >= 4 is 23.4 Å². The maximum absolute atomic E-state index is 11.9. The molecule has 3 aromatic rings. The molecule has 0 atom stereocenters. The third-order valence-corrected chi connectivity index (χ3v) is 4.08. The van der Waals surface area contributed by atoms with E-state index in [9.17, 15) is 4.79 Å². The number of hydrogen-bond donors (Lipinski definition) is 1. The monoisotopic (exact) mass is 329 g/mol. The standard InChI is InChI=1S/C15H15N5O2S/c1-22-12-5-3-11(4-6-12)9-17-13(21)10-23-15-19-18-14-16-7-2-8-20(14)15/h2-8H,9-10H2,1H3,(H,17,21). The van der Waals surface area contributed by atoms with E-state index in [1.807, 2.05) is 30.5 Å². The SMILES string of the molecule is COc1ccc(CNC(=O)CSc2nnc3ncccn23)cc1. The maximum atomic E-state index is 11.9. The van der Waals surface area contributed by atoms with E-state index in [0.29, 0.717) is 17.5 Å². The molecule has 0 unspecified atom stereocenters. The molecule has 0 fully saturated rings. The summed E-state index contributed by atoms with van der Waals surface area (Å²) in [6.07, 6.45) is 3.47. The summed E-state index contributed by atoms with van der Waals surface area (Å²) in [4.78, 5) is 16.0. The number of carbonyl (C=O) groups is 1. The van der Waals surface area contributed by atoms with Crippen LogP contribution in [0.25, 0.3) is 5.78 Å². The molecule has 1 aromatic carbocycles. The van der Waals surface area contributed by atoms with E-state index in [-0.39, 0.29) is 11.7 Å². The van der Waals surface area contributed by atoms with E-state index in [0.717, 1.165) is 11.3 Å². The van der Waals surface area contributed by atoms with Crippen molar-refractivity contribution in [2.45, 2.75) is 11.7 Å². The number of methoxy groups -OCH3 is 1. The molecule has 118 valence electrons. The number of benzene rings is 1. The van der Waals surface area contributed by atoms with Crippen molar-refractivity contribution in [3.8, 4) is 5.75 Å². The molecular formula is C15H15N5O2S. The average Bonchev–Trinajstić information content (AvgIpc) is 3.02. The molecule has 3 rings (SSSR count). The van der Waals surface area contributed by atoms with Crippen LogP contribution in [0.15, 0.2) is 47.9 Å². The van der Waals surface area contributed by atoms with Crippen molar-refractivity contribution in [2.75, 3.05) is 12.9 Å². The zero-order valence-corrected chi connectivity index (χ0v) is 13.3. The van der Waals surface area contributed by atoms with Gasteiger partial charge in [-0.05, 0) is 23.8 Å². The molecule has 0 saturated heterocycles. The number of hydrogen-bond acceptors (Lipinski definition) is 6. The minimum absolute atomic E-state index is 0.0635. The Morgan fingerprint density at radius 3 is 2.91 bits per heavy atom. The smallest absolute Gasteiger partial charge is 0.255 e. The molecule has 1 amide bonds. The minimum Gasteiger partial charge on any atom is -0.497 e. The van der Waals surface area contributed by atoms with E-state index < -0.39 is 0 Å². The van der Waals surface area contributed by atoms with Crippen LogP contribution >= 0.6 is 11.8 Å². The summed E-state index contributed by atoms with van der Waals surface area (Å²) in [5.41, 5.74) is 1.02. The van der Waals surface area contributed by atoms with Gasteiger partial charge >= 0.3 is 0 Å². The molecule has 0 aliphatic rings. The first-order chi connectivity index (χ1) is 11.3. The number of nitrogens with zero attached hydrogens (tertiary/aromatic N) is 4. The van der Waals surface area contributed by atoms with Crippen LogP contribution in [0.3, 0.4) is 0 Å². The third-order valence-electron chi connectivity index (χ3n) is 3.14. The molecular weight excluding hydrogens is 314 g/mol. The Labute approximate surface area is 137 Å². The Morgan fingerprint density at radius 1 is 1.30 bits per heavy atom. The molecule has 7 nitrogen and oxygen atoms in total. The number of ether oxygens (including phenoxy) is 1. The van der Waals surface area contributed by atoms with Crippen LogP contribution in [-0.2, 0) is 11.3 Å². The van der Waals surface area contributed by atoms with E-state index in [4.69, 9.17) is 4.74 Å². The van der Waals surface area contributed by atoms with Crippen molar-refractivity contribution in [2.24, 2.45) is 0 Å². The summed E-state index contributed by atoms with van der Waals surface area (Å²) in [6.45, 7) is 0.478. The van der Waals surface area contributed by atoms with E-state index in [1.165, 1.54) is 11.8 Å². The first-order valence-corrected chi connectivity index (χ1v) is 7.93. The molecule has 0 aliphatic carbocycles. The highest BCUT2D eigenvalue weighted by atomic mass is 32.2. The normalized spacial score (nSPS) is 10.7. The molecule has 8 heteroatoms. The van der Waals surface area contributed by atoms with Crippen LogP contribution in [0.2, 0.25) is 0 Å². The molecule has 0 bridgehead atoms. The van der Waals surface area contributed by atoms with E-state index in [1.54, 1.807) is 23.8 Å². The number of thioether (sulfide) groups is 1. The van der Waals surface area contributed by atoms with Crippen molar-refractivity contribution < 1.29 is 9.53 Å². The number of fused-ring (bicyclic) bond motifs is 1. The number of amides is 1. The first kappa shape index (κ1) is 15.3. The molecule has 0 saturated carbocycles. The molecule has 0 spiro atoms. The van der Waals surface area contributed by atoms with Gasteiger partial charge in [-0.2, -0.15) is 0 Å². The second-order valence-electron chi connectivity index (χ2n) is 4.69. The van der Waals surface area contributed by atoms with Gasteiger partial charge in [0, 0.05) is 18.9 Å². The van der Waals surface area contributed by atoms with Gasteiger partial charge in [-0.3, -0.25) is 9.20 Å². The van der Waals surface area contributed by atoms with E-state index >= 15 is 0 Å². The Hall–Kier alpha value is -2.61. The largest absolute Gasteiger partial charge is 0.497 e. The van der Waals surface area contributed by atoms with Crippen LogP contribution in [-0.4, -0.2) is 38.4 Å². The van der Waals surface area contributed by atoms with Crippen LogP contribution in [0.4, 0.5) is 0 Å². The first-order valence-electron chi connectivity index (χ1n) is 6.94. The Balaban J connectivity index is 1.51. The lowest BCUT2D eigenvalue weighted by molar-refractivity contribution is -0.118. The average molecular weight is 329 g/mol. The van der Waals surface area contributed by atoms with Crippen LogP contribution in [0.1, 0.15) is 5.56 Å². The molecule has 0 aliphatic heterocycles. The third kappa shape index (κ3) is 3.78. The summed E-state index contributed by atoms with van der Waals surface area (Å²) in [7, 11) is 1.62. The van der Waals surface area contributed by atoms with Gasteiger partial charge in [0.25, 0.3) is 5.78 Å². The van der Waals surface area contributed by atoms with Gasteiger partial charge in [0.1, 0.15) is 5.75 Å². The van der Waals surface area contributed by atoms with Gasteiger partial charge in [-0.1, -0.05) is 23.9 Å². The predicted octanol–water partition coefficient (Wildman–Crippen LogP) is 1.54. The zero-order valence-electron chi connectivity index (χ0n) is 12.5. The fraction of sp³-hybridized carbons (Fsp3) is 0.200. The Kier molecular flexibility index (Phi) is 4.72. The lowest BCUT2D eigenvalue weighted by Crippen LogP contribution is -2.24. The zero-order chi connectivity index (χ0) is 16.1. The number of nitrogens with one attached hydrogen (secondary N) is 1. The van der Waals surface area contributed by atoms with Gasteiger partial charge in [0.2, 0.25) is 5.91 Å². The topological polar surface area (TPSA) is 81.4 Å². The minimum atomic E-state index is -0.0635. The summed E-state index contributed by atoms with van der Waals surface area (Å²) in [5.74, 6) is 1.52. The Bertz CT molecular complexity index is 803. The number of rotatable bonds is 6. The van der Waals surface area contributed by atoms with Gasteiger partial charge in [-0.15, -0.1) is 10.2 Å². The Morgan fingerprint density at radius 2 is 2.13 bits per heavy atom. The van der Waals surface area contributed by atoms with Crippen LogP contribution in [0.5, 0.6) is 5.75 Å². The fourth-order valence-corrected chi connectivity index (χ4v) is 2.69. The predicted molar refractivity (Wildman–Crippen MR) is 86.3 cm³/mol. The quantitative estimate of drug-likeness (QED) is 0.691. The van der Waals surface area contributed by atoms with Crippen molar-refractivity contribution in [1.29, 1.82) is 0 Å². The van der Waals surface area contributed by atoms with Gasteiger partial charge in [0.15, 0.2) is 5.16 Å². The molecule has 1 N–H and O–H groups in total. The maximum Gasteiger partial charge on any atom is 0.255 e. The summed E-state index contributed by atoms with van der Waals surface area (Å²) >= 11 is 1.32. The molecule has 0 radical (unpaired) electrons.